The number of alkyl halides is 1. The number of nitrogens with zero attached hydrogens (tertiary/aromatic N) is 5. The van der Waals surface area contributed by atoms with Crippen LogP contribution < -0.4 is 4.90 Å². The van der Waals surface area contributed by atoms with Crippen LogP contribution in [0.25, 0.3) is 28.0 Å². The fourth-order valence-electron chi connectivity index (χ4n) is 4.45. The molecule has 0 saturated carbocycles. The number of halogens is 1. The molecular formula is C24H27ClN6O3. The minimum absolute atomic E-state index is 0. The third kappa shape index (κ3) is 3.66. The summed E-state index contributed by atoms with van der Waals surface area (Å²) in [7, 11) is 1.92. The molecule has 0 fully saturated rings. The maximum atomic E-state index is 11.6. The second kappa shape index (κ2) is 8.64. The van der Waals surface area contributed by atoms with Gasteiger partial charge in [-0.05, 0) is 24.1 Å². The Morgan fingerprint density at radius 1 is 1.26 bits per heavy atom. The van der Waals surface area contributed by atoms with Crippen molar-refractivity contribution in [3.63, 3.8) is 0 Å². The molecular weight excluding hydrogens is 456 g/mol. The zero-order valence-electron chi connectivity index (χ0n) is 18.4. The van der Waals surface area contributed by atoms with Crippen molar-refractivity contribution in [3.8, 4) is 22.8 Å². The molecule has 178 valence electrons. The SMILES string of the molecule is C.CC(C)c1[nH]nc2cc(O)c(-c3nnc(CC(=O)O)n3-c3cccc4c3CC(Cl)N4C)cc12. The molecule has 1 aliphatic heterocycles. The summed E-state index contributed by atoms with van der Waals surface area (Å²) >= 11 is 6.51. The molecule has 0 bridgehead atoms. The van der Waals surface area contributed by atoms with Crippen molar-refractivity contribution >= 4 is 34.2 Å². The Balaban J connectivity index is 0.00000274. The largest absolute Gasteiger partial charge is 0.507 e. The summed E-state index contributed by atoms with van der Waals surface area (Å²) in [6.45, 7) is 4.11. The van der Waals surface area contributed by atoms with Crippen LogP contribution in [0, 0.1) is 0 Å². The Bertz CT molecular complexity index is 1390. The van der Waals surface area contributed by atoms with Crippen molar-refractivity contribution in [1.29, 1.82) is 0 Å². The van der Waals surface area contributed by atoms with E-state index in [0.29, 0.717) is 23.3 Å². The molecule has 0 radical (unpaired) electrons. The summed E-state index contributed by atoms with van der Waals surface area (Å²) in [5, 5.41) is 37.1. The lowest BCUT2D eigenvalue weighted by Gasteiger charge is -2.17. The van der Waals surface area contributed by atoms with E-state index < -0.39 is 5.97 Å². The van der Waals surface area contributed by atoms with Gasteiger partial charge in [0.2, 0.25) is 0 Å². The van der Waals surface area contributed by atoms with Crippen LogP contribution in [0.5, 0.6) is 5.75 Å². The molecule has 3 N–H and O–H groups in total. The number of rotatable bonds is 5. The van der Waals surface area contributed by atoms with Crippen molar-refractivity contribution in [2.24, 2.45) is 0 Å². The average molecular weight is 483 g/mol. The molecule has 0 saturated heterocycles. The minimum atomic E-state index is -1.02. The Hall–Kier alpha value is -3.59. The molecule has 1 aliphatic rings. The Kier molecular flexibility index (Phi) is 5.99. The molecule has 1 unspecified atom stereocenters. The first-order valence-electron chi connectivity index (χ1n) is 10.6. The van der Waals surface area contributed by atoms with E-state index >= 15 is 0 Å². The molecule has 34 heavy (non-hydrogen) atoms. The third-order valence-corrected chi connectivity index (χ3v) is 6.55. The molecule has 2 aromatic heterocycles. The molecule has 5 rings (SSSR count). The van der Waals surface area contributed by atoms with E-state index in [9.17, 15) is 15.0 Å². The highest BCUT2D eigenvalue weighted by molar-refractivity contribution is 6.22. The van der Waals surface area contributed by atoms with Gasteiger partial charge in [-0.3, -0.25) is 14.5 Å². The minimum Gasteiger partial charge on any atom is -0.507 e. The fraction of sp³-hybridized carbons (Fsp3) is 0.333. The molecule has 2 aromatic carbocycles. The van der Waals surface area contributed by atoms with Gasteiger partial charge in [0.05, 0.1) is 16.8 Å². The van der Waals surface area contributed by atoms with Gasteiger partial charge in [0.25, 0.3) is 0 Å². The normalized spacial score (nSPS) is 15.1. The van der Waals surface area contributed by atoms with Gasteiger partial charge in [-0.1, -0.05) is 38.9 Å². The lowest BCUT2D eigenvalue weighted by atomic mass is 10.0. The summed E-state index contributed by atoms with van der Waals surface area (Å²) < 4.78 is 1.71. The Morgan fingerprint density at radius 2 is 2.00 bits per heavy atom. The topological polar surface area (TPSA) is 120 Å². The van der Waals surface area contributed by atoms with E-state index in [1.54, 1.807) is 10.6 Å². The highest BCUT2D eigenvalue weighted by Crippen LogP contribution is 2.40. The van der Waals surface area contributed by atoms with Gasteiger partial charge in [0.15, 0.2) is 5.82 Å². The van der Waals surface area contributed by atoms with Gasteiger partial charge in [-0.2, -0.15) is 5.10 Å². The van der Waals surface area contributed by atoms with Crippen molar-refractivity contribution in [3.05, 3.63) is 47.4 Å². The van der Waals surface area contributed by atoms with Crippen molar-refractivity contribution in [2.75, 3.05) is 11.9 Å². The number of likely N-dealkylation sites (N-methyl/N-ethyl adjacent to an activating group) is 1. The monoisotopic (exact) mass is 482 g/mol. The summed E-state index contributed by atoms with van der Waals surface area (Å²) in [4.78, 5) is 13.6. The van der Waals surface area contributed by atoms with Crippen molar-refractivity contribution in [1.82, 2.24) is 25.0 Å². The maximum absolute atomic E-state index is 11.6. The second-order valence-corrected chi connectivity index (χ2v) is 9.05. The highest BCUT2D eigenvalue weighted by atomic mass is 35.5. The number of carboxylic acids is 1. The van der Waals surface area contributed by atoms with Gasteiger partial charge in [0, 0.05) is 41.9 Å². The summed E-state index contributed by atoms with van der Waals surface area (Å²) in [5.41, 5.74) is 4.49. The van der Waals surface area contributed by atoms with Crippen molar-refractivity contribution < 1.29 is 15.0 Å². The summed E-state index contributed by atoms with van der Waals surface area (Å²) in [6, 6.07) is 9.18. The number of aromatic nitrogens is 5. The van der Waals surface area contributed by atoms with Gasteiger partial charge < -0.3 is 15.1 Å². The van der Waals surface area contributed by atoms with E-state index in [1.165, 1.54) is 0 Å². The quantitative estimate of drug-likeness (QED) is 0.283. The zero-order chi connectivity index (χ0) is 23.4. The van der Waals surface area contributed by atoms with Gasteiger partial charge in [-0.15, -0.1) is 10.2 Å². The number of phenolic OH excluding ortho intramolecular Hbond substituents is 1. The van der Waals surface area contributed by atoms with E-state index in [4.69, 9.17) is 11.6 Å². The number of hydrogen-bond donors (Lipinski definition) is 3. The molecule has 0 spiro atoms. The van der Waals surface area contributed by atoms with Crippen LogP contribution >= 0.6 is 11.6 Å². The van der Waals surface area contributed by atoms with Crippen LogP contribution in [0.3, 0.4) is 0 Å². The number of carboxylic acid groups (broad SMARTS) is 1. The predicted molar refractivity (Wildman–Crippen MR) is 132 cm³/mol. The number of anilines is 1. The molecule has 0 amide bonds. The molecule has 10 heteroatoms. The molecule has 4 aromatic rings. The first-order chi connectivity index (χ1) is 15.8. The first-order valence-corrected chi connectivity index (χ1v) is 11.1. The number of hydrogen-bond acceptors (Lipinski definition) is 6. The number of phenols is 1. The molecule has 1 atom stereocenters. The summed E-state index contributed by atoms with van der Waals surface area (Å²) in [6.07, 6.45) is 0.265. The van der Waals surface area contributed by atoms with E-state index in [2.05, 4.69) is 34.2 Å². The third-order valence-electron chi connectivity index (χ3n) is 6.10. The van der Waals surface area contributed by atoms with Gasteiger partial charge in [0.1, 0.15) is 23.5 Å². The highest BCUT2D eigenvalue weighted by Gasteiger charge is 2.30. The second-order valence-electron chi connectivity index (χ2n) is 8.55. The zero-order valence-corrected chi connectivity index (χ0v) is 19.1. The Labute approximate surface area is 202 Å². The molecule has 9 nitrogen and oxygen atoms in total. The lowest BCUT2D eigenvalue weighted by molar-refractivity contribution is -0.136. The first kappa shape index (κ1) is 23.6. The smallest absolute Gasteiger partial charge is 0.311 e. The van der Waals surface area contributed by atoms with Crippen molar-refractivity contribution in [2.45, 2.75) is 45.5 Å². The van der Waals surface area contributed by atoms with Crippen LogP contribution in [0.15, 0.2) is 30.3 Å². The number of benzene rings is 2. The van der Waals surface area contributed by atoms with Crippen LogP contribution in [-0.4, -0.2) is 53.7 Å². The maximum Gasteiger partial charge on any atom is 0.311 e. The van der Waals surface area contributed by atoms with Crippen LogP contribution in [0.1, 0.15) is 44.3 Å². The van der Waals surface area contributed by atoms with Gasteiger partial charge >= 0.3 is 5.97 Å². The summed E-state index contributed by atoms with van der Waals surface area (Å²) in [5.74, 6) is -0.217. The van der Waals surface area contributed by atoms with E-state index in [-0.39, 0.29) is 36.8 Å². The standard InChI is InChI=1S/C23H23ClN6O3.CH4/c1-11(2)22-12-7-14(18(31)9-15(12)25-27-22)23-28-26-20(10-21(32)33)30(23)17-6-4-5-16-13(17)8-19(24)29(16)3;/h4-7,9,11,19,31H,8,10H2,1-3H3,(H,25,27)(H,32,33);1H4. The fourth-order valence-corrected chi connectivity index (χ4v) is 4.71. The number of fused-ring (bicyclic) bond motifs is 2. The van der Waals surface area contributed by atoms with Crippen LogP contribution in [0.2, 0.25) is 0 Å². The van der Waals surface area contributed by atoms with E-state index in [0.717, 1.165) is 28.0 Å². The number of aliphatic carboxylic acids is 1. The number of aromatic hydroxyl groups is 1. The van der Waals surface area contributed by atoms with Crippen LogP contribution in [-0.2, 0) is 17.6 Å². The number of nitrogens with one attached hydrogen (secondary N) is 1. The Morgan fingerprint density at radius 3 is 2.71 bits per heavy atom. The van der Waals surface area contributed by atoms with E-state index in [1.807, 2.05) is 36.2 Å². The van der Waals surface area contributed by atoms with Crippen LogP contribution in [0.4, 0.5) is 5.69 Å². The molecule has 3 heterocycles. The predicted octanol–water partition coefficient (Wildman–Crippen LogP) is 4.46. The van der Waals surface area contributed by atoms with Gasteiger partial charge in [-0.25, -0.2) is 0 Å². The number of carbonyl (C=O) groups is 1. The number of aromatic amines is 1. The average Bonchev–Trinajstić information content (AvgIpc) is 3.43. The lowest BCUT2D eigenvalue weighted by Crippen LogP contribution is -2.21. The molecule has 0 aliphatic carbocycles. The number of H-pyrrole nitrogens is 1.